The first-order chi connectivity index (χ1) is 13.3. The molecule has 0 saturated heterocycles. The molecule has 28 heavy (non-hydrogen) atoms. The lowest BCUT2D eigenvalue weighted by Gasteiger charge is -2.31. The molecule has 0 fully saturated rings. The largest absolute Gasteiger partial charge is 0.497 e. The topological polar surface area (TPSA) is 75.7 Å². The van der Waals surface area contributed by atoms with Gasteiger partial charge in [0.2, 0.25) is 15.9 Å². The number of nitrogens with zero attached hydrogens (tertiary/aromatic N) is 1. The van der Waals surface area contributed by atoms with Crippen molar-refractivity contribution >= 4 is 21.6 Å². The number of benzene rings is 2. The summed E-state index contributed by atoms with van der Waals surface area (Å²) in [5, 5.41) is 3.05. The second-order valence-electron chi connectivity index (χ2n) is 7.09. The van der Waals surface area contributed by atoms with E-state index in [4.69, 9.17) is 4.74 Å². The van der Waals surface area contributed by atoms with Crippen LogP contribution in [0.1, 0.15) is 36.9 Å². The van der Waals surface area contributed by atoms with Crippen molar-refractivity contribution in [3.05, 3.63) is 59.7 Å². The van der Waals surface area contributed by atoms with Crippen LogP contribution in [0.15, 0.2) is 48.5 Å². The predicted octanol–water partition coefficient (Wildman–Crippen LogP) is 3.04. The zero-order valence-corrected chi connectivity index (χ0v) is 17.2. The van der Waals surface area contributed by atoms with Crippen LogP contribution >= 0.6 is 0 Å². The highest BCUT2D eigenvalue weighted by atomic mass is 32.2. The van der Waals surface area contributed by atoms with Gasteiger partial charge in [-0.05, 0) is 61.6 Å². The predicted molar refractivity (Wildman–Crippen MR) is 110 cm³/mol. The summed E-state index contributed by atoms with van der Waals surface area (Å²) in [6.45, 7) is 1.61. The molecule has 1 amide bonds. The van der Waals surface area contributed by atoms with Gasteiger partial charge in [-0.15, -0.1) is 0 Å². The number of ether oxygens (including phenoxy) is 1. The number of methoxy groups -OCH3 is 1. The second kappa shape index (κ2) is 8.22. The molecule has 1 aliphatic rings. The number of sulfonamides is 1. The summed E-state index contributed by atoms with van der Waals surface area (Å²) < 4.78 is 31.2. The first kappa shape index (κ1) is 20.2. The van der Waals surface area contributed by atoms with Gasteiger partial charge in [-0.25, -0.2) is 8.42 Å². The number of nitrogens with one attached hydrogen (secondary N) is 1. The summed E-state index contributed by atoms with van der Waals surface area (Å²) in [5.74, 6) is 0.302. The molecule has 0 aromatic heterocycles. The van der Waals surface area contributed by atoms with Gasteiger partial charge in [0.15, 0.2) is 0 Å². The third-order valence-electron chi connectivity index (χ3n) is 5.10. The monoisotopic (exact) mass is 402 g/mol. The van der Waals surface area contributed by atoms with Crippen molar-refractivity contribution in [3.63, 3.8) is 0 Å². The van der Waals surface area contributed by atoms with E-state index in [2.05, 4.69) is 11.4 Å². The Morgan fingerprint density at radius 1 is 1.18 bits per heavy atom. The smallest absolute Gasteiger partial charge is 0.244 e. The van der Waals surface area contributed by atoms with Crippen molar-refractivity contribution in [2.45, 2.75) is 38.3 Å². The number of carbonyl (C=O) groups excluding carboxylic acids is 1. The lowest BCUT2D eigenvalue weighted by Crippen LogP contribution is -2.49. The van der Waals surface area contributed by atoms with E-state index in [0.29, 0.717) is 11.4 Å². The Hall–Kier alpha value is -2.54. The molecule has 2 aromatic rings. The minimum absolute atomic E-state index is 0.0998. The second-order valence-corrected chi connectivity index (χ2v) is 8.94. The Morgan fingerprint density at radius 2 is 1.86 bits per heavy atom. The zero-order valence-electron chi connectivity index (χ0n) is 16.4. The van der Waals surface area contributed by atoms with Crippen molar-refractivity contribution in [1.82, 2.24) is 5.32 Å². The molecule has 2 atom stereocenters. The number of amides is 1. The molecule has 0 radical (unpaired) electrons. The van der Waals surface area contributed by atoms with Crippen LogP contribution in [-0.4, -0.2) is 33.7 Å². The van der Waals surface area contributed by atoms with Gasteiger partial charge in [0.25, 0.3) is 0 Å². The molecule has 3 rings (SSSR count). The number of rotatable bonds is 6. The van der Waals surface area contributed by atoms with Gasteiger partial charge in [-0.1, -0.05) is 24.3 Å². The Balaban J connectivity index is 1.83. The third-order valence-corrected chi connectivity index (χ3v) is 6.34. The fourth-order valence-electron chi connectivity index (χ4n) is 3.73. The maximum Gasteiger partial charge on any atom is 0.244 e. The number of hydrogen-bond acceptors (Lipinski definition) is 4. The highest BCUT2D eigenvalue weighted by Crippen LogP contribution is 2.30. The van der Waals surface area contributed by atoms with Gasteiger partial charge in [0.05, 0.1) is 25.1 Å². The Bertz CT molecular complexity index is 941. The number of aryl methyl sites for hydroxylation is 1. The third kappa shape index (κ3) is 4.30. The van der Waals surface area contributed by atoms with Gasteiger partial charge in [0.1, 0.15) is 11.8 Å². The number of carbonyl (C=O) groups is 1. The van der Waals surface area contributed by atoms with E-state index in [0.717, 1.165) is 35.4 Å². The number of hydrogen-bond donors (Lipinski definition) is 1. The molecule has 0 aliphatic heterocycles. The maximum atomic E-state index is 13.0. The molecule has 0 unspecified atom stereocenters. The Kier molecular flexibility index (Phi) is 5.93. The molecule has 7 heteroatoms. The van der Waals surface area contributed by atoms with E-state index in [1.807, 2.05) is 18.2 Å². The number of anilines is 1. The van der Waals surface area contributed by atoms with E-state index in [1.165, 1.54) is 5.56 Å². The quantitative estimate of drug-likeness (QED) is 0.806. The summed E-state index contributed by atoms with van der Waals surface area (Å²) in [4.78, 5) is 13.0. The summed E-state index contributed by atoms with van der Waals surface area (Å²) in [5.41, 5.74) is 2.78. The summed E-state index contributed by atoms with van der Waals surface area (Å²) >= 11 is 0. The van der Waals surface area contributed by atoms with E-state index >= 15 is 0 Å². The molecule has 6 nitrogen and oxygen atoms in total. The average Bonchev–Trinajstić information content (AvgIpc) is 2.68. The fraction of sp³-hybridized carbons (Fsp3) is 0.381. The zero-order chi connectivity index (χ0) is 20.3. The van der Waals surface area contributed by atoms with Crippen LogP contribution < -0.4 is 14.4 Å². The van der Waals surface area contributed by atoms with Gasteiger partial charge >= 0.3 is 0 Å². The Labute approximate surface area is 166 Å². The summed E-state index contributed by atoms with van der Waals surface area (Å²) in [6.07, 6.45) is 3.94. The summed E-state index contributed by atoms with van der Waals surface area (Å²) in [7, 11) is -2.11. The lowest BCUT2D eigenvalue weighted by atomic mass is 9.87. The van der Waals surface area contributed by atoms with Crippen LogP contribution in [0.4, 0.5) is 5.69 Å². The molecular weight excluding hydrogens is 376 g/mol. The fourth-order valence-corrected chi connectivity index (χ4v) is 4.91. The highest BCUT2D eigenvalue weighted by Gasteiger charge is 2.31. The highest BCUT2D eigenvalue weighted by molar-refractivity contribution is 7.92. The van der Waals surface area contributed by atoms with Crippen LogP contribution in [0.25, 0.3) is 0 Å². The van der Waals surface area contributed by atoms with Crippen molar-refractivity contribution in [2.75, 3.05) is 17.7 Å². The Morgan fingerprint density at radius 3 is 2.50 bits per heavy atom. The van der Waals surface area contributed by atoms with Crippen LogP contribution in [0, 0.1) is 0 Å². The van der Waals surface area contributed by atoms with Crippen molar-refractivity contribution in [2.24, 2.45) is 0 Å². The molecule has 2 aromatic carbocycles. The van der Waals surface area contributed by atoms with Crippen molar-refractivity contribution in [1.29, 1.82) is 0 Å². The van der Waals surface area contributed by atoms with Crippen molar-refractivity contribution < 1.29 is 17.9 Å². The van der Waals surface area contributed by atoms with Crippen LogP contribution in [0.3, 0.4) is 0 Å². The van der Waals surface area contributed by atoms with Gasteiger partial charge in [-0.3, -0.25) is 9.10 Å². The molecule has 1 N–H and O–H groups in total. The average molecular weight is 403 g/mol. The van der Waals surface area contributed by atoms with Crippen LogP contribution in [-0.2, 0) is 21.2 Å². The molecule has 1 aliphatic carbocycles. The SMILES string of the molecule is COc1ccc(N([C@@H](C)C(=O)N[C@H]2CCCc3ccccc32)S(C)(=O)=O)cc1. The summed E-state index contributed by atoms with van der Waals surface area (Å²) in [6, 6.07) is 13.7. The molecule has 0 spiro atoms. The number of fused-ring (bicyclic) bond motifs is 1. The standard InChI is InChI=1S/C21H26N2O4S/c1-15(23(28(3,25)26)17-11-13-18(27-2)14-12-17)21(24)22-20-10-6-8-16-7-4-5-9-19(16)20/h4-5,7,9,11-15,20H,6,8,10H2,1-3H3,(H,22,24)/t15-,20-/m0/s1. The molecule has 0 saturated carbocycles. The van der Waals surface area contributed by atoms with Gasteiger partial charge in [-0.2, -0.15) is 0 Å². The minimum Gasteiger partial charge on any atom is -0.497 e. The van der Waals surface area contributed by atoms with E-state index in [9.17, 15) is 13.2 Å². The molecule has 0 heterocycles. The van der Waals surface area contributed by atoms with E-state index in [-0.39, 0.29) is 11.9 Å². The maximum absolute atomic E-state index is 13.0. The van der Waals surface area contributed by atoms with Gasteiger partial charge in [0, 0.05) is 0 Å². The van der Waals surface area contributed by atoms with Crippen LogP contribution in [0.2, 0.25) is 0 Å². The molecule has 150 valence electrons. The first-order valence-corrected chi connectivity index (χ1v) is 11.2. The van der Waals surface area contributed by atoms with Gasteiger partial charge < -0.3 is 10.1 Å². The van der Waals surface area contributed by atoms with E-state index < -0.39 is 16.1 Å². The minimum atomic E-state index is -3.65. The molecule has 0 bridgehead atoms. The van der Waals surface area contributed by atoms with E-state index in [1.54, 1.807) is 38.3 Å². The molecular formula is C21H26N2O4S. The van der Waals surface area contributed by atoms with Crippen LogP contribution in [0.5, 0.6) is 5.75 Å². The normalized spacial score (nSPS) is 17.3. The first-order valence-electron chi connectivity index (χ1n) is 9.33. The lowest BCUT2D eigenvalue weighted by molar-refractivity contribution is -0.122. The van der Waals surface area contributed by atoms with Crippen molar-refractivity contribution in [3.8, 4) is 5.75 Å².